The summed E-state index contributed by atoms with van der Waals surface area (Å²) in [4.78, 5) is 29.5. The topological polar surface area (TPSA) is 102 Å². The van der Waals surface area contributed by atoms with E-state index in [0.29, 0.717) is 21.7 Å². The number of nitrogens with one attached hydrogen (secondary N) is 3. The maximum absolute atomic E-state index is 13.0. The molecule has 0 radical (unpaired) electrons. The van der Waals surface area contributed by atoms with E-state index in [-0.39, 0.29) is 17.9 Å². The summed E-state index contributed by atoms with van der Waals surface area (Å²) < 4.78 is 11.4. The van der Waals surface area contributed by atoms with Crippen LogP contribution in [0, 0.1) is 5.92 Å². The fourth-order valence-corrected chi connectivity index (χ4v) is 3.09. The van der Waals surface area contributed by atoms with Crippen molar-refractivity contribution in [1.29, 1.82) is 0 Å². The van der Waals surface area contributed by atoms with Crippen LogP contribution in [0.1, 0.15) is 47.5 Å². The molecule has 1 saturated carbocycles. The predicted octanol–water partition coefficient (Wildman–Crippen LogP) is 3.91. The molecule has 1 atom stereocenters. The van der Waals surface area contributed by atoms with E-state index in [1.54, 1.807) is 27.0 Å². The number of ether oxygens (including phenoxy) is 2. The zero-order valence-electron chi connectivity index (χ0n) is 17.2. The molecule has 0 saturated heterocycles. The van der Waals surface area contributed by atoms with Crippen LogP contribution in [0.3, 0.4) is 0 Å². The van der Waals surface area contributed by atoms with Crippen LogP contribution in [0.25, 0.3) is 0 Å². The Hall–Kier alpha value is -2.03. The van der Waals surface area contributed by atoms with Gasteiger partial charge in [0, 0.05) is 12.2 Å². The average molecular weight is 457 g/mol. The van der Waals surface area contributed by atoms with E-state index in [4.69, 9.17) is 9.47 Å². The lowest BCUT2D eigenvalue weighted by Gasteiger charge is -2.24. The van der Waals surface area contributed by atoms with Gasteiger partial charge in [-0.05, 0) is 69.3 Å². The number of nitrogens with zero attached hydrogens (tertiary/aromatic N) is 1. The van der Waals surface area contributed by atoms with Crippen LogP contribution in [-0.2, 0) is 9.53 Å². The first-order valence-corrected chi connectivity index (χ1v) is 10.1. The van der Waals surface area contributed by atoms with Crippen molar-refractivity contribution in [3.05, 3.63) is 10.7 Å². The molecule has 9 heteroatoms. The lowest BCUT2D eigenvalue weighted by molar-refractivity contribution is -0.118. The Labute approximate surface area is 174 Å². The number of amides is 2. The van der Waals surface area contributed by atoms with Gasteiger partial charge < -0.3 is 25.4 Å². The fraction of sp³-hybridized carbons (Fsp3) is 0.632. The minimum absolute atomic E-state index is 0.0835. The van der Waals surface area contributed by atoms with E-state index in [2.05, 4.69) is 36.9 Å². The quantitative estimate of drug-likeness (QED) is 0.574. The number of rotatable bonds is 7. The maximum Gasteiger partial charge on any atom is 0.408 e. The van der Waals surface area contributed by atoms with Crippen LogP contribution in [0.5, 0.6) is 5.75 Å². The molecule has 0 spiro atoms. The van der Waals surface area contributed by atoms with Crippen LogP contribution >= 0.6 is 15.9 Å². The third-order valence-electron chi connectivity index (χ3n) is 3.91. The van der Waals surface area contributed by atoms with Crippen molar-refractivity contribution < 1.29 is 19.1 Å². The molecule has 0 aromatic carbocycles. The van der Waals surface area contributed by atoms with Crippen LogP contribution in [0.4, 0.5) is 16.3 Å². The number of anilines is 2. The number of methoxy groups -OCH3 is 1. The van der Waals surface area contributed by atoms with Gasteiger partial charge in [-0.15, -0.1) is 0 Å². The minimum atomic E-state index is -0.689. The smallest absolute Gasteiger partial charge is 0.408 e. The number of hydrogen-bond donors (Lipinski definition) is 3. The lowest BCUT2D eigenvalue weighted by Crippen LogP contribution is -2.47. The number of alkyl carbamates (subject to hydrolysis) is 1. The normalized spacial score (nSPS) is 15.0. The first-order valence-electron chi connectivity index (χ1n) is 9.31. The molecular formula is C19H29BrN4O4. The lowest BCUT2D eigenvalue weighted by atomic mass is 10.1. The van der Waals surface area contributed by atoms with Gasteiger partial charge in [0.1, 0.15) is 17.3 Å². The van der Waals surface area contributed by atoms with E-state index in [1.165, 1.54) is 7.11 Å². The maximum atomic E-state index is 13.0. The first-order chi connectivity index (χ1) is 13.0. The van der Waals surface area contributed by atoms with Crippen molar-refractivity contribution in [2.75, 3.05) is 17.7 Å². The summed E-state index contributed by atoms with van der Waals surface area (Å²) in [7, 11) is 1.52. The molecule has 0 bridgehead atoms. The second-order valence-electron chi connectivity index (χ2n) is 8.11. The van der Waals surface area contributed by atoms with Gasteiger partial charge in [0.15, 0.2) is 11.6 Å². The van der Waals surface area contributed by atoms with Gasteiger partial charge in [0.2, 0.25) is 5.91 Å². The Morgan fingerprint density at radius 2 is 1.93 bits per heavy atom. The SMILES string of the molecule is COc1c(Br)cnc(NC(C)C)c1NC(=O)[C@@H](NC(=O)OC(C)(C)C)C1CC1. The summed E-state index contributed by atoms with van der Waals surface area (Å²) in [5.41, 5.74) is -0.215. The molecule has 156 valence electrons. The van der Waals surface area contributed by atoms with Gasteiger partial charge in [-0.1, -0.05) is 0 Å². The number of halogens is 1. The van der Waals surface area contributed by atoms with Gasteiger partial charge in [0.25, 0.3) is 0 Å². The summed E-state index contributed by atoms with van der Waals surface area (Å²) in [6, 6.07) is -0.585. The molecule has 8 nitrogen and oxygen atoms in total. The number of hydrogen-bond acceptors (Lipinski definition) is 6. The summed E-state index contributed by atoms with van der Waals surface area (Å²) in [6.45, 7) is 9.28. The Balaban J connectivity index is 2.23. The van der Waals surface area contributed by atoms with Gasteiger partial charge in [-0.2, -0.15) is 0 Å². The molecule has 2 rings (SSSR count). The molecule has 0 aliphatic heterocycles. The average Bonchev–Trinajstić information content (AvgIpc) is 3.38. The zero-order valence-corrected chi connectivity index (χ0v) is 18.8. The summed E-state index contributed by atoms with van der Waals surface area (Å²) >= 11 is 3.39. The van der Waals surface area contributed by atoms with Crippen molar-refractivity contribution >= 4 is 39.4 Å². The molecule has 1 aliphatic rings. The van der Waals surface area contributed by atoms with Crippen molar-refractivity contribution in [1.82, 2.24) is 10.3 Å². The molecule has 0 unspecified atom stereocenters. The number of aromatic nitrogens is 1. The molecule has 1 aliphatic carbocycles. The largest absolute Gasteiger partial charge is 0.493 e. The van der Waals surface area contributed by atoms with Crippen LogP contribution in [-0.4, -0.2) is 41.8 Å². The highest BCUT2D eigenvalue weighted by atomic mass is 79.9. The Morgan fingerprint density at radius 1 is 1.29 bits per heavy atom. The molecular weight excluding hydrogens is 428 g/mol. The van der Waals surface area contributed by atoms with Gasteiger partial charge in [0.05, 0.1) is 11.6 Å². The van der Waals surface area contributed by atoms with Gasteiger partial charge in [-0.25, -0.2) is 9.78 Å². The number of carbonyl (C=O) groups is 2. The Bertz CT molecular complexity index is 729. The Kier molecular flexibility index (Phi) is 7.14. The van der Waals surface area contributed by atoms with Crippen molar-refractivity contribution in [2.45, 2.75) is 65.1 Å². The van der Waals surface area contributed by atoms with Crippen molar-refractivity contribution in [3.63, 3.8) is 0 Å². The van der Waals surface area contributed by atoms with E-state index in [0.717, 1.165) is 12.8 Å². The molecule has 1 fully saturated rings. The van der Waals surface area contributed by atoms with Crippen LogP contribution in [0.2, 0.25) is 0 Å². The fourth-order valence-electron chi connectivity index (χ4n) is 2.63. The van der Waals surface area contributed by atoms with Crippen molar-refractivity contribution in [3.8, 4) is 5.75 Å². The van der Waals surface area contributed by atoms with Gasteiger partial charge >= 0.3 is 6.09 Å². The molecule has 1 aromatic heterocycles. The molecule has 1 heterocycles. The van der Waals surface area contributed by atoms with E-state index in [1.807, 2.05) is 13.8 Å². The highest BCUT2D eigenvalue weighted by molar-refractivity contribution is 9.10. The van der Waals surface area contributed by atoms with Crippen LogP contribution in [0.15, 0.2) is 10.7 Å². The highest BCUT2D eigenvalue weighted by Crippen LogP contribution is 2.39. The van der Waals surface area contributed by atoms with Gasteiger partial charge in [-0.3, -0.25) is 4.79 Å². The van der Waals surface area contributed by atoms with Crippen LogP contribution < -0.4 is 20.7 Å². The minimum Gasteiger partial charge on any atom is -0.493 e. The van der Waals surface area contributed by atoms with E-state index in [9.17, 15) is 9.59 Å². The predicted molar refractivity (Wildman–Crippen MR) is 112 cm³/mol. The van der Waals surface area contributed by atoms with E-state index < -0.39 is 17.7 Å². The Morgan fingerprint density at radius 3 is 2.43 bits per heavy atom. The third-order valence-corrected chi connectivity index (χ3v) is 4.48. The monoisotopic (exact) mass is 456 g/mol. The molecule has 28 heavy (non-hydrogen) atoms. The molecule has 3 N–H and O–H groups in total. The second-order valence-corrected chi connectivity index (χ2v) is 8.97. The number of pyridine rings is 1. The van der Waals surface area contributed by atoms with E-state index >= 15 is 0 Å². The zero-order chi connectivity index (χ0) is 21.1. The number of carbonyl (C=O) groups excluding carboxylic acids is 2. The van der Waals surface area contributed by atoms with Crippen molar-refractivity contribution in [2.24, 2.45) is 5.92 Å². The highest BCUT2D eigenvalue weighted by Gasteiger charge is 2.39. The second kappa shape index (κ2) is 8.98. The standard InChI is InChI=1S/C19H29BrN4O4/c1-10(2)22-16-14(15(27-6)12(20)9-21-16)23-17(25)13(11-7-8-11)24-18(26)28-19(3,4)5/h9-11,13H,7-8H2,1-6H3,(H,21,22)(H,23,25)(H,24,26)/t13-/m0/s1. The summed E-state index contributed by atoms with van der Waals surface area (Å²) in [5, 5.41) is 8.78. The third kappa shape index (κ3) is 6.25. The molecule has 2 amide bonds. The summed E-state index contributed by atoms with van der Waals surface area (Å²) in [5.74, 6) is 0.701. The summed E-state index contributed by atoms with van der Waals surface area (Å²) in [6.07, 6.45) is 2.74. The first kappa shape index (κ1) is 22.3. The molecule has 1 aromatic rings.